The number of carboxylic acid groups (broad SMARTS) is 1. The topological polar surface area (TPSA) is 91.3 Å². The lowest BCUT2D eigenvalue weighted by Crippen LogP contribution is -2.36. The molecule has 3 N–H and O–H groups in total. The van der Waals surface area contributed by atoms with Crippen LogP contribution in [0.2, 0.25) is 0 Å². The minimum absolute atomic E-state index is 0.0296. The zero-order valence-electron chi connectivity index (χ0n) is 11.8. The molecule has 0 radical (unpaired) electrons. The number of aryl methyl sites for hydroxylation is 1. The molecule has 7 heteroatoms. The molecule has 1 atom stereocenters. The fourth-order valence-corrected chi connectivity index (χ4v) is 2.81. The van der Waals surface area contributed by atoms with Gasteiger partial charge in [-0.2, -0.15) is 0 Å². The second-order valence-corrected chi connectivity index (χ2v) is 5.95. The SMILES string of the molecule is Cc1ccc2nc(NC(=O)NC(C)CCC(=O)O)sc2c1. The van der Waals surface area contributed by atoms with Crippen LogP contribution in [0.3, 0.4) is 0 Å². The Morgan fingerprint density at radius 1 is 1.43 bits per heavy atom. The van der Waals surface area contributed by atoms with Gasteiger partial charge in [-0.3, -0.25) is 10.1 Å². The van der Waals surface area contributed by atoms with Gasteiger partial charge in [-0.25, -0.2) is 9.78 Å². The van der Waals surface area contributed by atoms with Crippen LogP contribution in [0.25, 0.3) is 10.2 Å². The van der Waals surface area contributed by atoms with Gasteiger partial charge < -0.3 is 10.4 Å². The molecule has 1 heterocycles. The molecule has 6 nitrogen and oxygen atoms in total. The van der Waals surface area contributed by atoms with Crippen molar-refractivity contribution in [3.63, 3.8) is 0 Å². The van der Waals surface area contributed by atoms with Crippen LogP contribution in [-0.4, -0.2) is 28.1 Å². The van der Waals surface area contributed by atoms with Crippen molar-refractivity contribution in [1.29, 1.82) is 0 Å². The van der Waals surface area contributed by atoms with Gasteiger partial charge in [0.1, 0.15) is 0 Å². The smallest absolute Gasteiger partial charge is 0.321 e. The fourth-order valence-electron chi connectivity index (χ4n) is 1.85. The number of fused-ring (bicyclic) bond motifs is 1. The second kappa shape index (κ2) is 6.53. The fraction of sp³-hybridized carbons (Fsp3) is 0.357. The third kappa shape index (κ3) is 4.42. The largest absolute Gasteiger partial charge is 0.481 e. The summed E-state index contributed by atoms with van der Waals surface area (Å²) in [6.45, 7) is 3.77. The van der Waals surface area contributed by atoms with Gasteiger partial charge in [0, 0.05) is 12.5 Å². The lowest BCUT2D eigenvalue weighted by molar-refractivity contribution is -0.137. The third-order valence-corrected chi connectivity index (χ3v) is 3.87. The molecule has 1 aromatic heterocycles. The molecule has 2 rings (SSSR count). The average molecular weight is 307 g/mol. The van der Waals surface area contributed by atoms with E-state index in [0.29, 0.717) is 11.6 Å². The standard InChI is InChI=1S/C14H17N3O3S/c1-8-3-5-10-11(7-8)21-14(16-10)17-13(20)15-9(2)4-6-12(18)19/h3,5,7,9H,4,6H2,1-2H3,(H,18,19)(H2,15,16,17,20). The minimum atomic E-state index is -0.870. The van der Waals surface area contributed by atoms with Gasteiger partial charge in [-0.05, 0) is 38.0 Å². The highest BCUT2D eigenvalue weighted by atomic mass is 32.1. The van der Waals surface area contributed by atoms with Crippen molar-refractivity contribution in [3.05, 3.63) is 23.8 Å². The van der Waals surface area contributed by atoms with Gasteiger partial charge >= 0.3 is 12.0 Å². The zero-order valence-corrected chi connectivity index (χ0v) is 12.7. The van der Waals surface area contributed by atoms with Crippen molar-refractivity contribution in [2.24, 2.45) is 0 Å². The quantitative estimate of drug-likeness (QED) is 0.792. The lowest BCUT2D eigenvalue weighted by atomic mass is 10.2. The molecule has 0 spiro atoms. The molecule has 0 saturated carbocycles. The molecule has 1 unspecified atom stereocenters. The van der Waals surface area contributed by atoms with Crippen molar-refractivity contribution < 1.29 is 14.7 Å². The summed E-state index contributed by atoms with van der Waals surface area (Å²) in [5.41, 5.74) is 1.99. The highest BCUT2D eigenvalue weighted by Crippen LogP contribution is 2.26. The number of nitrogens with one attached hydrogen (secondary N) is 2. The maximum atomic E-state index is 11.8. The van der Waals surface area contributed by atoms with E-state index in [1.54, 1.807) is 6.92 Å². The van der Waals surface area contributed by atoms with E-state index in [1.807, 2.05) is 25.1 Å². The Hall–Kier alpha value is -2.15. The number of carbonyl (C=O) groups is 2. The number of anilines is 1. The number of thiazole rings is 1. The van der Waals surface area contributed by atoms with Crippen molar-refractivity contribution in [3.8, 4) is 0 Å². The number of nitrogens with zero attached hydrogens (tertiary/aromatic N) is 1. The molecule has 0 bridgehead atoms. The van der Waals surface area contributed by atoms with E-state index in [0.717, 1.165) is 15.8 Å². The summed E-state index contributed by atoms with van der Waals surface area (Å²) in [6, 6.07) is 5.33. The van der Waals surface area contributed by atoms with Gasteiger partial charge in [0.05, 0.1) is 10.2 Å². The molecule has 1 aromatic carbocycles. The lowest BCUT2D eigenvalue weighted by Gasteiger charge is -2.12. The van der Waals surface area contributed by atoms with Crippen LogP contribution in [-0.2, 0) is 4.79 Å². The molecule has 21 heavy (non-hydrogen) atoms. The Morgan fingerprint density at radius 3 is 2.90 bits per heavy atom. The van der Waals surface area contributed by atoms with E-state index >= 15 is 0 Å². The van der Waals surface area contributed by atoms with Gasteiger partial charge in [-0.1, -0.05) is 17.4 Å². The predicted molar refractivity (Wildman–Crippen MR) is 82.8 cm³/mol. The number of hydrogen-bond donors (Lipinski definition) is 3. The van der Waals surface area contributed by atoms with Crippen LogP contribution in [0.15, 0.2) is 18.2 Å². The molecule has 2 amide bonds. The summed E-state index contributed by atoms with van der Waals surface area (Å²) in [6.07, 6.45) is 0.420. The number of benzene rings is 1. The molecule has 0 aliphatic heterocycles. The Kier molecular flexibility index (Phi) is 4.74. The van der Waals surface area contributed by atoms with Gasteiger partial charge in [-0.15, -0.1) is 0 Å². The van der Waals surface area contributed by atoms with Gasteiger partial charge in [0.25, 0.3) is 0 Å². The van der Waals surface area contributed by atoms with Crippen molar-refractivity contribution in [1.82, 2.24) is 10.3 Å². The number of urea groups is 1. The first kappa shape index (κ1) is 15.2. The third-order valence-electron chi connectivity index (χ3n) is 2.93. The first-order valence-corrected chi connectivity index (χ1v) is 7.42. The van der Waals surface area contributed by atoms with Crippen molar-refractivity contribution in [2.75, 3.05) is 5.32 Å². The van der Waals surface area contributed by atoms with Crippen LogP contribution in [0.5, 0.6) is 0 Å². The van der Waals surface area contributed by atoms with Crippen LogP contribution in [0, 0.1) is 6.92 Å². The van der Waals surface area contributed by atoms with Crippen LogP contribution in [0.4, 0.5) is 9.93 Å². The summed E-state index contributed by atoms with van der Waals surface area (Å²) >= 11 is 1.41. The number of aromatic nitrogens is 1. The number of carbonyl (C=O) groups excluding carboxylic acids is 1. The van der Waals surface area contributed by atoms with Crippen LogP contribution in [0.1, 0.15) is 25.3 Å². The number of hydrogen-bond acceptors (Lipinski definition) is 4. The molecule has 0 fully saturated rings. The Balaban J connectivity index is 1.93. The highest BCUT2D eigenvalue weighted by molar-refractivity contribution is 7.22. The Morgan fingerprint density at radius 2 is 2.19 bits per heavy atom. The number of rotatable bonds is 5. The number of amides is 2. The van der Waals surface area contributed by atoms with E-state index in [2.05, 4.69) is 15.6 Å². The molecule has 0 aliphatic rings. The zero-order chi connectivity index (χ0) is 15.4. The first-order valence-electron chi connectivity index (χ1n) is 6.60. The summed E-state index contributed by atoms with van der Waals surface area (Å²) in [5, 5.41) is 14.5. The highest BCUT2D eigenvalue weighted by Gasteiger charge is 2.11. The summed E-state index contributed by atoms with van der Waals surface area (Å²) in [5.74, 6) is -0.870. The monoisotopic (exact) mass is 307 g/mol. The molecule has 2 aromatic rings. The molecule has 112 valence electrons. The maximum absolute atomic E-state index is 11.8. The van der Waals surface area contributed by atoms with Crippen molar-refractivity contribution in [2.45, 2.75) is 32.7 Å². The molecular weight excluding hydrogens is 290 g/mol. The summed E-state index contributed by atoms with van der Waals surface area (Å²) < 4.78 is 1.02. The summed E-state index contributed by atoms with van der Waals surface area (Å²) in [4.78, 5) is 26.6. The van der Waals surface area contributed by atoms with E-state index in [9.17, 15) is 9.59 Å². The Labute approximate surface area is 126 Å². The minimum Gasteiger partial charge on any atom is -0.481 e. The van der Waals surface area contributed by atoms with Gasteiger partial charge in [0.15, 0.2) is 5.13 Å². The van der Waals surface area contributed by atoms with E-state index < -0.39 is 5.97 Å². The second-order valence-electron chi connectivity index (χ2n) is 4.92. The molecule has 0 saturated heterocycles. The first-order chi connectivity index (χ1) is 9.94. The van der Waals surface area contributed by atoms with E-state index in [4.69, 9.17) is 5.11 Å². The van der Waals surface area contributed by atoms with Gasteiger partial charge in [0.2, 0.25) is 0 Å². The Bertz CT molecular complexity index is 669. The maximum Gasteiger partial charge on any atom is 0.321 e. The predicted octanol–water partition coefficient (Wildman–Crippen LogP) is 2.98. The number of aliphatic carboxylic acids is 1. The molecule has 0 aliphatic carbocycles. The van der Waals surface area contributed by atoms with E-state index in [-0.39, 0.29) is 18.5 Å². The van der Waals surface area contributed by atoms with E-state index in [1.165, 1.54) is 11.3 Å². The number of carboxylic acids is 1. The average Bonchev–Trinajstić information content (AvgIpc) is 2.77. The van der Waals surface area contributed by atoms with Crippen LogP contribution >= 0.6 is 11.3 Å². The summed E-state index contributed by atoms with van der Waals surface area (Å²) in [7, 11) is 0. The van der Waals surface area contributed by atoms with Crippen LogP contribution < -0.4 is 10.6 Å². The normalized spacial score (nSPS) is 12.1. The van der Waals surface area contributed by atoms with Crippen molar-refractivity contribution >= 4 is 38.7 Å². The molecular formula is C14H17N3O3S.